The Hall–Kier alpha value is -3.55. The zero-order valence-electron chi connectivity index (χ0n) is 17.4. The molecule has 0 aliphatic heterocycles. The Bertz CT molecular complexity index is 1200. The summed E-state index contributed by atoms with van der Waals surface area (Å²) in [6.07, 6.45) is 11.5. The number of nitrogens with zero attached hydrogens (tertiary/aromatic N) is 5. The van der Waals surface area contributed by atoms with Crippen LogP contribution in [0.5, 0.6) is 0 Å². The van der Waals surface area contributed by atoms with E-state index in [1.807, 2.05) is 37.6 Å². The zero-order chi connectivity index (χ0) is 21.2. The van der Waals surface area contributed by atoms with Crippen molar-refractivity contribution in [3.05, 3.63) is 59.7 Å². The van der Waals surface area contributed by atoms with Crippen LogP contribution >= 0.6 is 0 Å². The minimum Gasteiger partial charge on any atom is -0.462 e. The second-order valence-corrected chi connectivity index (χ2v) is 8.12. The third-order valence-corrected chi connectivity index (χ3v) is 5.75. The summed E-state index contributed by atoms with van der Waals surface area (Å²) in [7, 11) is 1.82. The van der Waals surface area contributed by atoms with Gasteiger partial charge in [-0.3, -0.25) is 14.5 Å². The summed E-state index contributed by atoms with van der Waals surface area (Å²) < 4.78 is 7.31. The fourth-order valence-corrected chi connectivity index (χ4v) is 4.14. The van der Waals surface area contributed by atoms with Crippen LogP contribution in [0, 0.1) is 0 Å². The molecule has 158 valence electrons. The number of amides is 1. The van der Waals surface area contributed by atoms with Crippen molar-refractivity contribution in [1.82, 2.24) is 30.3 Å². The van der Waals surface area contributed by atoms with Crippen molar-refractivity contribution in [2.24, 2.45) is 7.05 Å². The number of rotatable bonds is 5. The average Bonchev–Trinajstić information content (AvgIpc) is 3.44. The smallest absolute Gasteiger partial charge is 0.270 e. The molecule has 4 aromatic heterocycles. The lowest BCUT2D eigenvalue weighted by molar-refractivity contribution is 0.0923. The number of fused-ring (bicyclic) bond motifs is 1. The van der Waals surface area contributed by atoms with E-state index in [-0.39, 0.29) is 11.9 Å². The number of pyridine rings is 2. The van der Waals surface area contributed by atoms with Gasteiger partial charge in [0.05, 0.1) is 18.2 Å². The van der Waals surface area contributed by atoms with E-state index < -0.39 is 0 Å². The fraction of sp³-hybridized carbons (Fsp3) is 0.348. The monoisotopic (exact) mass is 416 g/mol. The van der Waals surface area contributed by atoms with Gasteiger partial charge in [-0.05, 0) is 30.5 Å². The molecule has 0 bridgehead atoms. The van der Waals surface area contributed by atoms with Crippen molar-refractivity contribution in [1.29, 1.82) is 0 Å². The molecule has 0 radical (unpaired) electrons. The minimum absolute atomic E-state index is 0.118. The van der Waals surface area contributed by atoms with Gasteiger partial charge in [-0.1, -0.05) is 30.5 Å². The fourth-order valence-electron chi connectivity index (χ4n) is 4.14. The van der Waals surface area contributed by atoms with Gasteiger partial charge in [-0.2, -0.15) is 0 Å². The van der Waals surface area contributed by atoms with Gasteiger partial charge in [0.2, 0.25) is 0 Å². The highest BCUT2D eigenvalue weighted by Gasteiger charge is 2.19. The van der Waals surface area contributed by atoms with E-state index >= 15 is 0 Å². The molecule has 4 aromatic rings. The van der Waals surface area contributed by atoms with E-state index in [1.54, 1.807) is 17.0 Å². The van der Waals surface area contributed by atoms with E-state index in [2.05, 4.69) is 25.6 Å². The van der Waals surface area contributed by atoms with Gasteiger partial charge in [-0.15, -0.1) is 5.10 Å². The molecule has 8 heteroatoms. The SMILES string of the molecule is Cn1cc(-c2ccc(Cc3cc(C(=O)NC4CCCCC4)nc4ccoc34)cn2)nn1. The molecule has 5 rings (SSSR count). The highest BCUT2D eigenvalue weighted by Crippen LogP contribution is 2.24. The first kappa shape index (κ1) is 19.4. The molecule has 1 fully saturated rings. The van der Waals surface area contributed by atoms with Crippen molar-refractivity contribution < 1.29 is 9.21 Å². The summed E-state index contributed by atoms with van der Waals surface area (Å²) in [5, 5.41) is 11.2. The first-order chi connectivity index (χ1) is 15.2. The summed E-state index contributed by atoms with van der Waals surface area (Å²) in [5.41, 5.74) is 5.24. The number of carbonyl (C=O) groups excluding carboxylic acids is 1. The summed E-state index contributed by atoms with van der Waals surface area (Å²) >= 11 is 0. The number of aryl methyl sites for hydroxylation is 1. The molecule has 1 saturated carbocycles. The van der Waals surface area contributed by atoms with Crippen LogP contribution in [-0.2, 0) is 13.5 Å². The van der Waals surface area contributed by atoms with Gasteiger partial charge in [0, 0.05) is 37.3 Å². The molecular formula is C23H24N6O2. The summed E-state index contributed by atoms with van der Waals surface area (Å²) in [4.78, 5) is 21.9. The lowest BCUT2D eigenvalue weighted by Gasteiger charge is -2.22. The first-order valence-electron chi connectivity index (χ1n) is 10.7. The number of nitrogens with one attached hydrogen (secondary N) is 1. The second kappa shape index (κ2) is 8.29. The third-order valence-electron chi connectivity index (χ3n) is 5.75. The highest BCUT2D eigenvalue weighted by atomic mass is 16.3. The first-order valence-corrected chi connectivity index (χ1v) is 10.7. The number of hydrogen-bond acceptors (Lipinski definition) is 6. The summed E-state index contributed by atoms with van der Waals surface area (Å²) in [5.74, 6) is -0.118. The maximum Gasteiger partial charge on any atom is 0.270 e. The molecule has 1 N–H and O–H groups in total. The van der Waals surface area contributed by atoms with Crippen molar-refractivity contribution >= 4 is 17.0 Å². The molecular weight excluding hydrogens is 392 g/mol. The third kappa shape index (κ3) is 4.19. The Morgan fingerprint density at radius 2 is 2.06 bits per heavy atom. The largest absolute Gasteiger partial charge is 0.462 e. The van der Waals surface area contributed by atoms with E-state index in [1.165, 1.54) is 19.3 Å². The molecule has 1 aliphatic carbocycles. The minimum atomic E-state index is -0.118. The number of carbonyl (C=O) groups is 1. The Kier molecular flexibility index (Phi) is 5.19. The Labute approximate surface area is 179 Å². The standard InChI is InChI=1S/C23H24N6O2/c1-29-14-21(27-28-29)18-8-7-15(13-24-18)11-16-12-20(26-19-9-10-31-22(16)19)23(30)25-17-5-3-2-4-6-17/h7-10,12-14,17H,2-6,11H2,1H3,(H,25,30). The normalized spacial score (nSPS) is 14.7. The molecule has 0 saturated heterocycles. The van der Waals surface area contributed by atoms with E-state index in [0.29, 0.717) is 23.2 Å². The predicted octanol–water partition coefficient (Wildman–Crippen LogP) is 3.67. The topological polar surface area (TPSA) is 98.7 Å². The Balaban J connectivity index is 1.38. The maximum atomic E-state index is 12.9. The van der Waals surface area contributed by atoms with Gasteiger partial charge in [0.1, 0.15) is 16.9 Å². The van der Waals surface area contributed by atoms with Crippen LogP contribution in [0.2, 0.25) is 0 Å². The van der Waals surface area contributed by atoms with E-state index in [4.69, 9.17) is 4.42 Å². The lowest BCUT2D eigenvalue weighted by Crippen LogP contribution is -2.36. The quantitative estimate of drug-likeness (QED) is 0.533. The molecule has 0 unspecified atom stereocenters. The van der Waals surface area contributed by atoms with Gasteiger partial charge < -0.3 is 9.73 Å². The maximum absolute atomic E-state index is 12.9. The van der Waals surface area contributed by atoms with Crippen molar-refractivity contribution in [3.63, 3.8) is 0 Å². The van der Waals surface area contributed by atoms with Gasteiger partial charge >= 0.3 is 0 Å². The van der Waals surface area contributed by atoms with Crippen LogP contribution in [0.1, 0.15) is 53.7 Å². The Morgan fingerprint density at radius 1 is 1.19 bits per heavy atom. The summed E-state index contributed by atoms with van der Waals surface area (Å²) in [6, 6.07) is 7.81. The number of furan rings is 1. The zero-order valence-corrected chi connectivity index (χ0v) is 17.4. The second-order valence-electron chi connectivity index (χ2n) is 8.12. The van der Waals surface area contributed by atoms with Crippen LogP contribution in [0.3, 0.4) is 0 Å². The lowest BCUT2D eigenvalue weighted by atomic mass is 9.95. The van der Waals surface area contributed by atoms with Gasteiger partial charge in [-0.25, -0.2) is 4.98 Å². The van der Waals surface area contributed by atoms with Crippen LogP contribution in [0.4, 0.5) is 0 Å². The van der Waals surface area contributed by atoms with Crippen molar-refractivity contribution in [2.45, 2.75) is 44.6 Å². The Morgan fingerprint density at radius 3 is 2.81 bits per heavy atom. The van der Waals surface area contributed by atoms with Crippen LogP contribution in [0.25, 0.3) is 22.5 Å². The van der Waals surface area contributed by atoms with Crippen molar-refractivity contribution in [2.75, 3.05) is 0 Å². The molecule has 31 heavy (non-hydrogen) atoms. The average molecular weight is 416 g/mol. The van der Waals surface area contributed by atoms with Crippen LogP contribution in [-0.4, -0.2) is 36.9 Å². The van der Waals surface area contributed by atoms with E-state index in [0.717, 1.165) is 35.4 Å². The summed E-state index contributed by atoms with van der Waals surface area (Å²) in [6.45, 7) is 0. The van der Waals surface area contributed by atoms with Gasteiger partial charge in [0.15, 0.2) is 5.58 Å². The number of hydrogen-bond donors (Lipinski definition) is 1. The molecule has 8 nitrogen and oxygen atoms in total. The van der Waals surface area contributed by atoms with Crippen LogP contribution in [0.15, 0.2) is 47.3 Å². The molecule has 1 amide bonds. The molecule has 0 atom stereocenters. The van der Waals surface area contributed by atoms with Gasteiger partial charge in [0.25, 0.3) is 5.91 Å². The number of aromatic nitrogens is 5. The van der Waals surface area contributed by atoms with E-state index in [9.17, 15) is 4.79 Å². The van der Waals surface area contributed by atoms with Crippen molar-refractivity contribution in [3.8, 4) is 11.4 Å². The molecule has 1 aliphatic rings. The predicted molar refractivity (Wildman–Crippen MR) is 115 cm³/mol. The molecule has 4 heterocycles. The highest BCUT2D eigenvalue weighted by molar-refractivity contribution is 5.95. The molecule has 0 aromatic carbocycles. The molecule has 0 spiro atoms. The van der Waals surface area contributed by atoms with Crippen LogP contribution < -0.4 is 5.32 Å².